The predicted octanol–water partition coefficient (Wildman–Crippen LogP) is 1.48. The summed E-state index contributed by atoms with van der Waals surface area (Å²) in [5.41, 5.74) is 7.04. The first-order valence-electron chi connectivity index (χ1n) is 5.95. The molecule has 0 heterocycles. The average molecular weight is 239 g/mol. The molecule has 4 heteroatoms. The van der Waals surface area contributed by atoms with E-state index in [1.807, 2.05) is 24.3 Å². The molecule has 0 spiro atoms. The fraction of sp³-hybridized carbons (Fsp3) is 0.538. The Morgan fingerprint density at radius 2 is 1.88 bits per heavy atom. The molecule has 1 aromatic rings. The summed E-state index contributed by atoms with van der Waals surface area (Å²) in [5.74, 6) is 0.810. The third-order valence-electron chi connectivity index (χ3n) is 2.48. The van der Waals surface area contributed by atoms with E-state index in [0.29, 0.717) is 19.8 Å². The summed E-state index contributed by atoms with van der Waals surface area (Å²) < 4.78 is 10.6. The van der Waals surface area contributed by atoms with E-state index in [1.165, 1.54) is 0 Å². The molecule has 0 aliphatic carbocycles. The quantitative estimate of drug-likeness (QED) is 0.674. The van der Waals surface area contributed by atoms with Crippen LogP contribution in [0.2, 0.25) is 0 Å². The van der Waals surface area contributed by atoms with Crippen molar-refractivity contribution in [1.29, 1.82) is 0 Å². The van der Waals surface area contributed by atoms with Gasteiger partial charge in [0.1, 0.15) is 12.4 Å². The van der Waals surface area contributed by atoms with Crippen molar-refractivity contribution in [2.75, 3.05) is 26.4 Å². The van der Waals surface area contributed by atoms with E-state index >= 15 is 0 Å². The topological polar surface area (TPSA) is 64.7 Å². The highest BCUT2D eigenvalue weighted by atomic mass is 16.5. The molecular weight excluding hydrogens is 218 g/mol. The number of ether oxygens (including phenoxy) is 2. The monoisotopic (exact) mass is 239 g/mol. The van der Waals surface area contributed by atoms with Crippen molar-refractivity contribution in [3.05, 3.63) is 29.8 Å². The Kier molecular flexibility index (Phi) is 6.62. The lowest BCUT2D eigenvalue weighted by atomic mass is 10.1. The van der Waals surface area contributed by atoms with Crippen LogP contribution >= 0.6 is 0 Å². The van der Waals surface area contributed by atoms with Crippen molar-refractivity contribution >= 4 is 0 Å². The first kappa shape index (κ1) is 14.0. The fourth-order valence-electron chi connectivity index (χ4n) is 1.43. The molecule has 1 aromatic carbocycles. The fourth-order valence-corrected chi connectivity index (χ4v) is 1.43. The number of nitrogens with two attached hydrogens (primary N) is 1. The maximum atomic E-state index is 8.51. The maximum Gasteiger partial charge on any atom is 0.119 e. The second-order valence-corrected chi connectivity index (χ2v) is 3.77. The van der Waals surface area contributed by atoms with Crippen LogP contribution in [0.25, 0.3) is 0 Å². The molecule has 17 heavy (non-hydrogen) atoms. The molecule has 96 valence electrons. The van der Waals surface area contributed by atoms with E-state index in [0.717, 1.165) is 17.7 Å². The zero-order valence-electron chi connectivity index (χ0n) is 10.3. The number of benzene rings is 1. The molecule has 0 radical (unpaired) electrons. The Labute approximate surface area is 102 Å². The first-order valence-corrected chi connectivity index (χ1v) is 5.95. The zero-order chi connectivity index (χ0) is 12.5. The minimum atomic E-state index is 0.0452. The van der Waals surface area contributed by atoms with Crippen LogP contribution in [0.15, 0.2) is 24.3 Å². The summed E-state index contributed by atoms with van der Waals surface area (Å²) in [4.78, 5) is 0. The van der Waals surface area contributed by atoms with Gasteiger partial charge in [0.05, 0.1) is 19.8 Å². The lowest BCUT2D eigenvalue weighted by Crippen LogP contribution is -2.10. The van der Waals surface area contributed by atoms with Gasteiger partial charge in [-0.3, -0.25) is 0 Å². The van der Waals surface area contributed by atoms with Gasteiger partial charge in [-0.1, -0.05) is 19.1 Å². The van der Waals surface area contributed by atoms with Gasteiger partial charge >= 0.3 is 0 Å². The number of aliphatic hydroxyl groups is 1. The molecule has 0 bridgehead atoms. The molecule has 0 aliphatic rings. The van der Waals surface area contributed by atoms with Gasteiger partial charge in [0.15, 0.2) is 0 Å². The van der Waals surface area contributed by atoms with E-state index in [-0.39, 0.29) is 12.6 Å². The molecule has 0 fully saturated rings. The molecule has 3 N–H and O–H groups in total. The van der Waals surface area contributed by atoms with Crippen LogP contribution in [0.1, 0.15) is 24.9 Å². The van der Waals surface area contributed by atoms with Crippen LogP contribution in [0.3, 0.4) is 0 Å². The van der Waals surface area contributed by atoms with Gasteiger partial charge in [0.25, 0.3) is 0 Å². The van der Waals surface area contributed by atoms with Crippen molar-refractivity contribution < 1.29 is 14.6 Å². The van der Waals surface area contributed by atoms with Crippen LogP contribution in [0, 0.1) is 0 Å². The maximum absolute atomic E-state index is 8.51. The van der Waals surface area contributed by atoms with Crippen LogP contribution in [0.5, 0.6) is 5.75 Å². The molecular formula is C13H21NO3. The molecule has 1 atom stereocenters. The van der Waals surface area contributed by atoms with Crippen LogP contribution < -0.4 is 10.5 Å². The molecule has 0 amide bonds. The lowest BCUT2D eigenvalue weighted by Gasteiger charge is -2.10. The highest BCUT2D eigenvalue weighted by molar-refractivity contribution is 5.28. The summed E-state index contributed by atoms with van der Waals surface area (Å²) in [7, 11) is 0. The molecule has 0 saturated heterocycles. The van der Waals surface area contributed by atoms with E-state index in [2.05, 4.69) is 6.92 Å². The zero-order valence-corrected chi connectivity index (χ0v) is 10.3. The van der Waals surface area contributed by atoms with Crippen molar-refractivity contribution in [1.82, 2.24) is 0 Å². The van der Waals surface area contributed by atoms with Crippen molar-refractivity contribution in [2.24, 2.45) is 5.73 Å². The van der Waals surface area contributed by atoms with Gasteiger partial charge in [-0.25, -0.2) is 0 Å². The van der Waals surface area contributed by atoms with Crippen LogP contribution in [-0.4, -0.2) is 31.5 Å². The second kappa shape index (κ2) is 8.06. The summed E-state index contributed by atoms with van der Waals surface area (Å²) in [6.45, 7) is 3.43. The highest BCUT2D eigenvalue weighted by Gasteiger charge is 2.02. The largest absolute Gasteiger partial charge is 0.491 e. The van der Waals surface area contributed by atoms with Crippen molar-refractivity contribution in [2.45, 2.75) is 19.4 Å². The molecule has 1 rings (SSSR count). The number of hydrogen-bond acceptors (Lipinski definition) is 4. The van der Waals surface area contributed by atoms with Gasteiger partial charge in [-0.15, -0.1) is 0 Å². The van der Waals surface area contributed by atoms with E-state index in [1.54, 1.807) is 0 Å². The van der Waals surface area contributed by atoms with Crippen LogP contribution in [-0.2, 0) is 4.74 Å². The van der Waals surface area contributed by atoms with Crippen LogP contribution in [0.4, 0.5) is 0 Å². The van der Waals surface area contributed by atoms with E-state index in [9.17, 15) is 0 Å². The Morgan fingerprint density at radius 3 is 2.47 bits per heavy atom. The van der Waals surface area contributed by atoms with Gasteiger partial charge in [-0.2, -0.15) is 0 Å². The summed E-state index contributed by atoms with van der Waals surface area (Å²) in [6.07, 6.45) is 0.926. The predicted molar refractivity (Wildman–Crippen MR) is 67.1 cm³/mol. The summed E-state index contributed by atoms with van der Waals surface area (Å²) in [5, 5.41) is 8.51. The normalized spacial score (nSPS) is 12.4. The van der Waals surface area contributed by atoms with Gasteiger partial charge in [0.2, 0.25) is 0 Å². The Bertz CT molecular complexity index is 300. The summed E-state index contributed by atoms with van der Waals surface area (Å²) in [6, 6.07) is 7.89. The number of rotatable bonds is 8. The Morgan fingerprint density at radius 1 is 1.18 bits per heavy atom. The SMILES string of the molecule is CC[C@H](N)c1ccc(OCCOCCO)cc1. The minimum absolute atomic E-state index is 0.0452. The lowest BCUT2D eigenvalue weighted by molar-refractivity contribution is 0.0705. The number of hydrogen-bond donors (Lipinski definition) is 2. The molecule has 0 saturated carbocycles. The Balaban J connectivity index is 2.30. The number of aliphatic hydroxyl groups excluding tert-OH is 1. The third-order valence-corrected chi connectivity index (χ3v) is 2.48. The first-order chi connectivity index (χ1) is 8.27. The van der Waals surface area contributed by atoms with Gasteiger partial charge < -0.3 is 20.3 Å². The van der Waals surface area contributed by atoms with Crippen molar-refractivity contribution in [3.8, 4) is 5.75 Å². The Hall–Kier alpha value is -1.10. The molecule has 0 unspecified atom stereocenters. The molecule has 0 aromatic heterocycles. The molecule has 0 aliphatic heterocycles. The second-order valence-electron chi connectivity index (χ2n) is 3.77. The van der Waals surface area contributed by atoms with Crippen molar-refractivity contribution in [3.63, 3.8) is 0 Å². The average Bonchev–Trinajstić information content (AvgIpc) is 2.38. The summed E-state index contributed by atoms with van der Waals surface area (Å²) >= 11 is 0. The third kappa shape index (κ3) is 5.17. The van der Waals surface area contributed by atoms with Gasteiger partial charge in [-0.05, 0) is 24.1 Å². The highest BCUT2D eigenvalue weighted by Crippen LogP contribution is 2.18. The smallest absolute Gasteiger partial charge is 0.119 e. The minimum Gasteiger partial charge on any atom is -0.491 e. The van der Waals surface area contributed by atoms with Gasteiger partial charge in [0, 0.05) is 6.04 Å². The van der Waals surface area contributed by atoms with E-state index < -0.39 is 0 Å². The standard InChI is InChI=1S/C13H21NO3/c1-2-13(14)11-3-5-12(6-4-11)17-10-9-16-8-7-15/h3-6,13,15H,2,7-10,14H2,1H3/t13-/m0/s1. The van der Waals surface area contributed by atoms with E-state index in [4.69, 9.17) is 20.3 Å². The molecule has 4 nitrogen and oxygen atoms in total.